The first-order valence-corrected chi connectivity index (χ1v) is 6.04. The molecule has 0 radical (unpaired) electrons. The van der Waals surface area contributed by atoms with Crippen molar-refractivity contribution in [2.45, 2.75) is 11.8 Å². The van der Waals surface area contributed by atoms with Crippen LogP contribution >= 0.6 is 0 Å². The molecule has 1 N–H and O–H groups in total. The molecule has 0 aliphatic heterocycles. The van der Waals surface area contributed by atoms with Gasteiger partial charge in [0.1, 0.15) is 5.76 Å². The van der Waals surface area contributed by atoms with E-state index >= 15 is 0 Å². The number of benzene rings is 1. The van der Waals surface area contributed by atoms with Crippen LogP contribution in [-0.2, 0) is 10.1 Å². The first-order chi connectivity index (χ1) is 7.48. The van der Waals surface area contributed by atoms with Crippen molar-refractivity contribution in [3.63, 3.8) is 0 Å². The smallest absolute Gasteiger partial charge is 0.294 e. The van der Waals surface area contributed by atoms with Gasteiger partial charge in [-0.3, -0.25) is 4.55 Å². The van der Waals surface area contributed by atoms with Crippen LogP contribution in [-0.4, -0.2) is 13.0 Å². The monoisotopic (exact) mass is 238 g/mol. The summed E-state index contributed by atoms with van der Waals surface area (Å²) in [4.78, 5) is -0.135. The van der Waals surface area contributed by atoms with Gasteiger partial charge in [-0.15, -0.1) is 0 Å². The van der Waals surface area contributed by atoms with Gasteiger partial charge in [0.25, 0.3) is 10.1 Å². The molecular weight excluding hydrogens is 228 g/mol. The summed E-state index contributed by atoms with van der Waals surface area (Å²) in [6.07, 6.45) is 1.51. The molecule has 2 aromatic rings. The van der Waals surface area contributed by atoms with E-state index in [1.165, 1.54) is 18.4 Å². The number of rotatable bonds is 2. The van der Waals surface area contributed by atoms with Gasteiger partial charge >= 0.3 is 0 Å². The van der Waals surface area contributed by atoms with E-state index in [0.29, 0.717) is 11.3 Å². The minimum atomic E-state index is -4.17. The normalized spacial score (nSPS) is 11.6. The number of furan rings is 1. The van der Waals surface area contributed by atoms with Gasteiger partial charge in [0, 0.05) is 5.56 Å². The Bertz CT molecular complexity index is 597. The van der Waals surface area contributed by atoms with E-state index in [-0.39, 0.29) is 4.90 Å². The molecule has 84 valence electrons. The van der Waals surface area contributed by atoms with Crippen molar-refractivity contribution in [2.24, 2.45) is 0 Å². The lowest BCUT2D eigenvalue weighted by molar-refractivity contribution is 0.483. The van der Waals surface area contributed by atoms with Crippen LogP contribution in [0.3, 0.4) is 0 Å². The Morgan fingerprint density at radius 3 is 2.56 bits per heavy atom. The van der Waals surface area contributed by atoms with Crippen molar-refractivity contribution in [3.05, 3.63) is 42.2 Å². The Balaban J connectivity index is 2.63. The number of hydrogen-bond acceptors (Lipinski definition) is 3. The van der Waals surface area contributed by atoms with Crippen LogP contribution in [0.15, 0.2) is 45.9 Å². The lowest BCUT2D eigenvalue weighted by Crippen LogP contribution is -1.98. The maximum Gasteiger partial charge on any atom is 0.294 e. The first kappa shape index (κ1) is 10.9. The fourth-order valence-electron chi connectivity index (χ4n) is 1.46. The fraction of sp³-hybridized carbons (Fsp3) is 0.0909. The Morgan fingerprint density at radius 2 is 2.00 bits per heavy atom. The number of aryl methyl sites for hydroxylation is 1. The van der Waals surface area contributed by atoms with Crippen LogP contribution in [0.1, 0.15) is 5.56 Å². The van der Waals surface area contributed by atoms with Crippen molar-refractivity contribution >= 4 is 10.1 Å². The van der Waals surface area contributed by atoms with E-state index in [2.05, 4.69) is 0 Å². The molecule has 1 heterocycles. The average molecular weight is 238 g/mol. The third kappa shape index (κ3) is 2.00. The Kier molecular flexibility index (Phi) is 2.57. The third-order valence-electron chi connectivity index (χ3n) is 2.29. The minimum absolute atomic E-state index is 0.135. The Morgan fingerprint density at radius 1 is 1.25 bits per heavy atom. The maximum absolute atomic E-state index is 11.0. The summed E-state index contributed by atoms with van der Waals surface area (Å²) in [6.45, 7) is 1.84. The molecule has 0 aliphatic carbocycles. The van der Waals surface area contributed by atoms with E-state index in [1.807, 2.05) is 6.92 Å². The van der Waals surface area contributed by atoms with E-state index in [9.17, 15) is 8.42 Å². The minimum Gasteiger partial charge on any atom is -0.464 e. The molecule has 0 fully saturated rings. The molecule has 0 atom stereocenters. The standard InChI is InChI=1S/C11H10O4S/c1-8-4-5-9(16(12,13)14)7-10(8)11-3-2-6-15-11/h2-7H,1H3,(H,12,13,14). The van der Waals surface area contributed by atoms with E-state index in [4.69, 9.17) is 8.97 Å². The summed E-state index contributed by atoms with van der Waals surface area (Å²) in [5.41, 5.74) is 1.53. The first-order valence-electron chi connectivity index (χ1n) is 4.60. The molecule has 0 aliphatic rings. The van der Waals surface area contributed by atoms with Gasteiger partial charge in [0.2, 0.25) is 0 Å². The summed E-state index contributed by atoms with van der Waals surface area (Å²) in [7, 11) is -4.17. The van der Waals surface area contributed by atoms with Crippen LogP contribution in [0.5, 0.6) is 0 Å². The summed E-state index contributed by atoms with van der Waals surface area (Å²) in [5, 5.41) is 0. The lowest BCUT2D eigenvalue weighted by atomic mass is 10.1. The molecule has 2 rings (SSSR count). The Hall–Kier alpha value is -1.59. The van der Waals surface area contributed by atoms with Crippen LogP contribution in [0.2, 0.25) is 0 Å². The summed E-state index contributed by atoms with van der Waals surface area (Å²) >= 11 is 0. The molecule has 16 heavy (non-hydrogen) atoms. The predicted molar refractivity (Wildman–Crippen MR) is 58.7 cm³/mol. The molecule has 4 nitrogen and oxygen atoms in total. The van der Waals surface area contributed by atoms with Crippen LogP contribution in [0.25, 0.3) is 11.3 Å². The van der Waals surface area contributed by atoms with Gasteiger partial charge in [0.05, 0.1) is 11.2 Å². The SMILES string of the molecule is Cc1ccc(S(=O)(=O)O)cc1-c1ccco1. The fourth-order valence-corrected chi connectivity index (χ4v) is 1.97. The molecule has 0 unspecified atom stereocenters. The van der Waals surface area contributed by atoms with Gasteiger partial charge in [-0.25, -0.2) is 0 Å². The van der Waals surface area contributed by atoms with Crippen molar-refractivity contribution < 1.29 is 17.4 Å². The highest BCUT2D eigenvalue weighted by Gasteiger charge is 2.13. The van der Waals surface area contributed by atoms with Gasteiger partial charge < -0.3 is 4.42 Å². The average Bonchev–Trinajstić information content (AvgIpc) is 2.69. The second-order valence-electron chi connectivity index (χ2n) is 3.43. The quantitative estimate of drug-likeness (QED) is 0.816. The highest BCUT2D eigenvalue weighted by Crippen LogP contribution is 2.26. The van der Waals surface area contributed by atoms with E-state index < -0.39 is 10.1 Å². The molecule has 1 aromatic heterocycles. The zero-order chi connectivity index (χ0) is 11.8. The topological polar surface area (TPSA) is 67.5 Å². The summed E-state index contributed by atoms with van der Waals surface area (Å²) in [6, 6.07) is 7.83. The molecule has 0 saturated carbocycles. The highest BCUT2D eigenvalue weighted by molar-refractivity contribution is 7.85. The van der Waals surface area contributed by atoms with Gasteiger partial charge in [-0.2, -0.15) is 8.42 Å². The van der Waals surface area contributed by atoms with Gasteiger partial charge in [-0.1, -0.05) is 6.07 Å². The van der Waals surface area contributed by atoms with E-state index in [0.717, 1.165) is 5.56 Å². The summed E-state index contributed by atoms with van der Waals surface area (Å²) < 4.78 is 36.1. The van der Waals surface area contributed by atoms with Gasteiger partial charge in [0.15, 0.2) is 0 Å². The second kappa shape index (κ2) is 3.77. The zero-order valence-electron chi connectivity index (χ0n) is 8.54. The maximum atomic E-state index is 11.0. The van der Waals surface area contributed by atoms with Crippen LogP contribution < -0.4 is 0 Å². The van der Waals surface area contributed by atoms with Crippen molar-refractivity contribution in [1.29, 1.82) is 0 Å². The zero-order valence-corrected chi connectivity index (χ0v) is 9.36. The molecule has 1 aromatic carbocycles. The van der Waals surface area contributed by atoms with Crippen molar-refractivity contribution in [3.8, 4) is 11.3 Å². The van der Waals surface area contributed by atoms with Crippen molar-refractivity contribution in [1.82, 2.24) is 0 Å². The van der Waals surface area contributed by atoms with E-state index in [1.54, 1.807) is 18.2 Å². The summed E-state index contributed by atoms with van der Waals surface area (Å²) in [5.74, 6) is 0.572. The number of hydrogen-bond donors (Lipinski definition) is 1. The second-order valence-corrected chi connectivity index (χ2v) is 4.85. The largest absolute Gasteiger partial charge is 0.464 e. The Labute approximate surface area is 93.3 Å². The molecule has 0 saturated heterocycles. The van der Waals surface area contributed by atoms with Crippen molar-refractivity contribution in [2.75, 3.05) is 0 Å². The van der Waals surface area contributed by atoms with Gasteiger partial charge in [-0.05, 0) is 36.8 Å². The molecular formula is C11H10O4S. The molecule has 0 spiro atoms. The lowest BCUT2D eigenvalue weighted by Gasteiger charge is -2.04. The van der Waals surface area contributed by atoms with Crippen LogP contribution in [0.4, 0.5) is 0 Å². The highest BCUT2D eigenvalue weighted by atomic mass is 32.2. The molecule has 0 amide bonds. The molecule has 0 bridgehead atoms. The third-order valence-corrected chi connectivity index (χ3v) is 3.14. The van der Waals surface area contributed by atoms with Crippen LogP contribution in [0, 0.1) is 6.92 Å². The molecule has 5 heteroatoms. The predicted octanol–water partition coefficient (Wildman–Crippen LogP) is 2.50.